The van der Waals surface area contributed by atoms with Gasteiger partial charge in [-0.2, -0.15) is 0 Å². The SMILES string of the molecule is C[C@@H](OC1(c2ccccc2)c2ccccc2Oc2ccccc21)[C@H](N)C(=O)O. The molecule has 0 aromatic heterocycles. The van der Waals surface area contributed by atoms with Crippen LogP contribution in [0, 0.1) is 0 Å². The molecule has 1 heterocycles. The van der Waals surface area contributed by atoms with Gasteiger partial charge in [0.1, 0.15) is 17.5 Å². The molecule has 1 aliphatic heterocycles. The minimum Gasteiger partial charge on any atom is -0.480 e. The molecule has 5 heteroatoms. The highest BCUT2D eigenvalue weighted by molar-refractivity contribution is 5.74. The molecule has 142 valence electrons. The highest BCUT2D eigenvalue weighted by Gasteiger charge is 2.47. The predicted octanol–water partition coefficient (Wildman–Crippen LogP) is 3.90. The fourth-order valence-corrected chi connectivity index (χ4v) is 3.69. The van der Waals surface area contributed by atoms with Crippen LogP contribution in [0.2, 0.25) is 0 Å². The Balaban J connectivity index is 2.00. The van der Waals surface area contributed by atoms with Gasteiger partial charge in [-0.15, -0.1) is 0 Å². The molecule has 0 bridgehead atoms. The Labute approximate surface area is 163 Å². The van der Waals surface area contributed by atoms with Gasteiger partial charge < -0.3 is 20.3 Å². The molecule has 0 amide bonds. The molecule has 3 N–H and O–H groups in total. The zero-order valence-electron chi connectivity index (χ0n) is 15.4. The van der Waals surface area contributed by atoms with Crippen LogP contribution in [0.4, 0.5) is 0 Å². The van der Waals surface area contributed by atoms with Gasteiger partial charge in [0.25, 0.3) is 0 Å². The van der Waals surface area contributed by atoms with E-state index >= 15 is 0 Å². The lowest BCUT2D eigenvalue weighted by Gasteiger charge is -2.42. The Morgan fingerprint density at radius 3 is 1.96 bits per heavy atom. The van der Waals surface area contributed by atoms with E-state index in [2.05, 4.69) is 0 Å². The average molecular weight is 375 g/mol. The summed E-state index contributed by atoms with van der Waals surface area (Å²) in [7, 11) is 0. The minimum absolute atomic E-state index is 0.668. The van der Waals surface area contributed by atoms with E-state index in [4.69, 9.17) is 15.2 Å². The van der Waals surface area contributed by atoms with Gasteiger partial charge in [-0.1, -0.05) is 66.7 Å². The van der Waals surface area contributed by atoms with Gasteiger partial charge in [0, 0.05) is 11.1 Å². The molecule has 0 spiro atoms. The molecule has 3 aromatic rings. The van der Waals surface area contributed by atoms with Crippen molar-refractivity contribution >= 4 is 5.97 Å². The smallest absolute Gasteiger partial charge is 0.323 e. The van der Waals surface area contributed by atoms with Gasteiger partial charge in [-0.25, -0.2) is 0 Å². The summed E-state index contributed by atoms with van der Waals surface area (Å²) in [4.78, 5) is 11.5. The third kappa shape index (κ3) is 2.85. The van der Waals surface area contributed by atoms with E-state index < -0.39 is 23.7 Å². The van der Waals surface area contributed by atoms with Crippen LogP contribution < -0.4 is 10.5 Å². The molecule has 28 heavy (non-hydrogen) atoms. The van der Waals surface area contributed by atoms with Crippen molar-refractivity contribution in [3.8, 4) is 11.5 Å². The number of benzene rings is 3. The van der Waals surface area contributed by atoms with Crippen molar-refractivity contribution in [1.82, 2.24) is 0 Å². The van der Waals surface area contributed by atoms with Crippen molar-refractivity contribution in [3.05, 3.63) is 95.6 Å². The predicted molar refractivity (Wildman–Crippen MR) is 105 cm³/mol. The van der Waals surface area contributed by atoms with E-state index in [0.717, 1.165) is 16.7 Å². The lowest BCUT2D eigenvalue weighted by atomic mass is 9.77. The van der Waals surface area contributed by atoms with Crippen molar-refractivity contribution in [2.45, 2.75) is 24.7 Å². The number of ether oxygens (including phenoxy) is 2. The maximum atomic E-state index is 11.5. The maximum Gasteiger partial charge on any atom is 0.323 e. The molecule has 2 atom stereocenters. The molecular weight excluding hydrogens is 354 g/mol. The second kappa shape index (κ2) is 7.11. The van der Waals surface area contributed by atoms with Crippen molar-refractivity contribution in [2.75, 3.05) is 0 Å². The van der Waals surface area contributed by atoms with Gasteiger partial charge in [-0.05, 0) is 24.6 Å². The second-order valence-corrected chi connectivity index (χ2v) is 6.83. The maximum absolute atomic E-state index is 11.5. The Hall–Kier alpha value is -3.15. The van der Waals surface area contributed by atoms with Crippen LogP contribution in [-0.2, 0) is 15.1 Å². The average Bonchev–Trinajstić information content (AvgIpc) is 2.73. The zero-order valence-corrected chi connectivity index (χ0v) is 15.4. The van der Waals surface area contributed by atoms with Crippen molar-refractivity contribution in [2.24, 2.45) is 5.73 Å². The Morgan fingerprint density at radius 1 is 0.929 bits per heavy atom. The number of aliphatic carboxylic acids is 1. The Bertz CT molecular complexity index is 957. The fraction of sp³-hybridized carbons (Fsp3) is 0.174. The van der Waals surface area contributed by atoms with Crippen LogP contribution in [0.3, 0.4) is 0 Å². The highest BCUT2D eigenvalue weighted by Crippen LogP contribution is 2.52. The molecule has 0 unspecified atom stereocenters. The highest BCUT2D eigenvalue weighted by atomic mass is 16.5. The van der Waals surface area contributed by atoms with E-state index in [0.29, 0.717) is 11.5 Å². The summed E-state index contributed by atoms with van der Waals surface area (Å²) in [5, 5.41) is 9.40. The third-order valence-electron chi connectivity index (χ3n) is 5.09. The van der Waals surface area contributed by atoms with E-state index in [1.54, 1.807) is 6.92 Å². The molecular formula is C23H21NO4. The molecule has 0 radical (unpaired) electrons. The van der Waals surface area contributed by atoms with E-state index in [-0.39, 0.29) is 0 Å². The first-order chi connectivity index (χ1) is 13.5. The molecule has 4 rings (SSSR count). The molecule has 3 aromatic carbocycles. The second-order valence-electron chi connectivity index (χ2n) is 6.83. The number of fused-ring (bicyclic) bond motifs is 2. The van der Waals surface area contributed by atoms with Gasteiger partial charge >= 0.3 is 5.97 Å². The number of carbonyl (C=O) groups is 1. The molecule has 5 nitrogen and oxygen atoms in total. The first kappa shape index (κ1) is 18.2. The lowest BCUT2D eigenvalue weighted by molar-refractivity contribution is -0.145. The molecule has 0 saturated heterocycles. The van der Waals surface area contributed by atoms with Crippen molar-refractivity contribution in [1.29, 1.82) is 0 Å². The summed E-state index contributed by atoms with van der Waals surface area (Å²) < 4.78 is 12.7. The van der Waals surface area contributed by atoms with Crippen LogP contribution in [-0.4, -0.2) is 23.2 Å². The largest absolute Gasteiger partial charge is 0.480 e. The van der Waals surface area contributed by atoms with Crippen molar-refractivity contribution < 1.29 is 19.4 Å². The Kier molecular flexibility index (Phi) is 4.63. The summed E-state index contributed by atoms with van der Waals surface area (Å²) in [5.74, 6) is 0.228. The van der Waals surface area contributed by atoms with Crippen LogP contribution in [0.25, 0.3) is 0 Å². The third-order valence-corrected chi connectivity index (χ3v) is 5.09. The fourth-order valence-electron chi connectivity index (χ4n) is 3.69. The van der Waals surface area contributed by atoms with Crippen LogP contribution in [0.1, 0.15) is 23.6 Å². The summed E-state index contributed by atoms with van der Waals surface area (Å²) in [6.07, 6.45) is -0.753. The van der Waals surface area contributed by atoms with Gasteiger partial charge in [0.2, 0.25) is 0 Å². The summed E-state index contributed by atoms with van der Waals surface area (Å²) in [5.41, 5.74) is 7.35. The molecule has 0 aliphatic carbocycles. The first-order valence-electron chi connectivity index (χ1n) is 9.12. The van der Waals surface area contributed by atoms with Gasteiger partial charge in [0.15, 0.2) is 5.60 Å². The number of rotatable bonds is 5. The van der Waals surface area contributed by atoms with E-state index in [1.807, 2.05) is 78.9 Å². The summed E-state index contributed by atoms with van der Waals surface area (Å²) in [6.45, 7) is 1.68. The number of hydrogen-bond donors (Lipinski definition) is 2. The molecule has 0 saturated carbocycles. The number of hydrogen-bond acceptors (Lipinski definition) is 4. The standard InChI is InChI=1S/C23H21NO4/c1-15(21(24)22(25)26)28-23(16-9-3-2-4-10-16)17-11-5-7-13-19(17)27-20-14-8-6-12-18(20)23/h2-15,21H,24H2,1H3,(H,25,26)/t15-,21+/m1/s1. The number of para-hydroxylation sites is 2. The van der Waals surface area contributed by atoms with Crippen molar-refractivity contribution in [3.63, 3.8) is 0 Å². The molecule has 0 fully saturated rings. The van der Waals surface area contributed by atoms with E-state index in [9.17, 15) is 9.90 Å². The number of carboxylic acid groups (broad SMARTS) is 1. The molecule has 1 aliphatic rings. The number of nitrogens with two attached hydrogens (primary N) is 1. The van der Waals surface area contributed by atoms with Crippen LogP contribution in [0.15, 0.2) is 78.9 Å². The first-order valence-corrected chi connectivity index (χ1v) is 9.12. The van der Waals surface area contributed by atoms with E-state index in [1.165, 1.54) is 0 Å². The normalized spacial score (nSPS) is 16.2. The van der Waals surface area contributed by atoms with Crippen LogP contribution >= 0.6 is 0 Å². The number of carboxylic acids is 1. The van der Waals surface area contributed by atoms with Gasteiger partial charge in [-0.3, -0.25) is 4.79 Å². The monoisotopic (exact) mass is 375 g/mol. The lowest BCUT2D eigenvalue weighted by Crippen LogP contribution is -2.47. The summed E-state index contributed by atoms with van der Waals surface area (Å²) in [6, 6.07) is 23.9. The summed E-state index contributed by atoms with van der Waals surface area (Å²) >= 11 is 0. The zero-order chi connectivity index (χ0) is 19.7. The minimum atomic E-state index is -1.16. The quantitative estimate of drug-likeness (QED) is 0.707. The Morgan fingerprint density at radius 2 is 1.43 bits per heavy atom. The topological polar surface area (TPSA) is 81.8 Å². The van der Waals surface area contributed by atoms with Gasteiger partial charge in [0.05, 0.1) is 6.10 Å². The van der Waals surface area contributed by atoms with Crippen LogP contribution in [0.5, 0.6) is 11.5 Å².